The molecule has 1 N–H and O–H groups in total. The highest BCUT2D eigenvalue weighted by atomic mass is 35.5. The lowest BCUT2D eigenvalue weighted by atomic mass is 9.82. The predicted molar refractivity (Wildman–Crippen MR) is 63.8 cm³/mol. The first-order valence-electron chi connectivity index (χ1n) is 5.49. The van der Waals surface area contributed by atoms with Crippen molar-refractivity contribution in [3.8, 4) is 0 Å². The number of benzene rings is 1. The molecule has 0 spiro atoms. The van der Waals surface area contributed by atoms with Crippen molar-refractivity contribution in [2.45, 2.75) is 32.1 Å². The summed E-state index contributed by atoms with van der Waals surface area (Å²) in [5.41, 5.74) is 1.11. The maximum atomic E-state index is 10.9. The first kappa shape index (κ1) is 11.5. The third kappa shape index (κ3) is 2.22. The van der Waals surface area contributed by atoms with Gasteiger partial charge in [0.15, 0.2) is 0 Å². The van der Waals surface area contributed by atoms with Crippen LogP contribution in [0.1, 0.15) is 37.7 Å². The first-order chi connectivity index (χ1) is 7.53. The van der Waals surface area contributed by atoms with Gasteiger partial charge in [0.1, 0.15) is 0 Å². The van der Waals surface area contributed by atoms with Gasteiger partial charge in [-0.3, -0.25) is 4.79 Å². The summed E-state index contributed by atoms with van der Waals surface area (Å²) in [6.45, 7) is 2.14. The third-order valence-corrected chi connectivity index (χ3v) is 3.88. The van der Waals surface area contributed by atoms with Crippen molar-refractivity contribution in [2.24, 2.45) is 5.41 Å². The molecule has 1 aromatic carbocycles. The Morgan fingerprint density at radius 2 is 2.12 bits per heavy atom. The zero-order chi connectivity index (χ0) is 11.8. The van der Waals surface area contributed by atoms with Crippen LogP contribution in [-0.2, 0) is 4.79 Å². The summed E-state index contributed by atoms with van der Waals surface area (Å²) in [6.07, 6.45) is 2.35. The number of carboxylic acids is 1. The van der Waals surface area contributed by atoms with E-state index in [0.717, 1.165) is 18.4 Å². The van der Waals surface area contributed by atoms with E-state index in [1.165, 1.54) is 0 Å². The standard InChI is InChI=1S/C13H15ClO2/c1-13(6-7-13)10(8-12(15)16)9-4-2-3-5-11(9)14/h2-5,10H,6-8H2,1H3,(H,15,16)/t10-/m1/s1. The molecule has 0 bridgehead atoms. The second-order valence-corrected chi connectivity index (χ2v) is 5.23. The minimum absolute atomic E-state index is 0.0405. The van der Waals surface area contributed by atoms with E-state index in [1.54, 1.807) is 0 Å². The van der Waals surface area contributed by atoms with Crippen LogP contribution in [0.2, 0.25) is 5.02 Å². The topological polar surface area (TPSA) is 37.3 Å². The summed E-state index contributed by atoms with van der Waals surface area (Å²) in [4.78, 5) is 10.9. The van der Waals surface area contributed by atoms with Gasteiger partial charge >= 0.3 is 5.97 Å². The lowest BCUT2D eigenvalue weighted by molar-refractivity contribution is -0.137. The fourth-order valence-electron chi connectivity index (χ4n) is 2.21. The summed E-state index contributed by atoms with van der Waals surface area (Å²) >= 11 is 6.14. The Kier molecular flexibility index (Phi) is 2.94. The number of carbonyl (C=O) groups is 1. The summed E-state index contributed by atoms with van der Waals surface area (Å²) in [5.74, 6) is -0.711. The molecular formula is C13H15ClO2. The Morgan fingerprint density at radius 3 is 2.62 bits per heavy atom. The maximum absolute atomic E-state index is 10.9. The van der Waals surface area contributed by atoms with E-state index < -0.39 is 5.97 Å². The number of carboxylic acid groups (broad SMARTS) is 1. The summed E-state index contributed by atoms with van der Waals surface area (Å²) < 4.78 is 0. The summed E-state index contributed by atoms with van der Waals surface area (Å²) in [7, 11) is 0. The van der Waals surface area contributed by atoms with Gasteiger partial charge in [-0.1, -0.05) is 36.7 Å². The molecule has 1 aromatic rings. The average Bonchev–Trinajstić information content (AvgIpc) is 2.95. The van der Waals surface area contributed by atoms with Crippen LogP contribution in [0.15, 0.2) is 24.3 Å². The highest BCUT2D eigenvalue weighted by molar-refractivity contribution is 6.31. The highest BCUT2D eigenvalue weighted by Gasteiger charge is 2.46. The Morgan fingerprint density at radius 1 is 1.50 bits per heavy atom. The van der Waals surface area contributed by atoms with Crippen LogP contribution in [0.25, 0.3) is 0 Å². The van der Waals surface area contributed by atoms with Crippen molar-refractivity contribution in [2.75, 3.05) is 0 Å². The summed E-state index contributed by atoms with van der Waals surface area (Å²) in [6, 6.07) is 7.57. The van der Waals surface area contributed by atoms with Crippen molar-refractivity contribution in [3.05, 3.63) is 34.9 Å². The molecule has 3 heteroatoms. The Balaban J connectivity index is 2.32. The van der Waals surface area contributed by atoms with E-state index in [0.29, 0.717) is 5.02 Å². The number of halogens is 1. The van der Waals surface area contributed by atoms with Crippen LogP contribution in [0.5, 0.6) is 0 Å². The van der Waals surface area contributed by atoms with Gasteiger partial charge in [-0.05, 0) is 29.9 Å². The molecule has 0 unspecified atom stereocenters. The first-order valence-corrected chi connectivity index (χ1v) is 5.87. The van der Waals surface area contributed by atoms with Gasteiger partial charge in [0.25, 0.3) is 0 Å². The van der Waals surface area contributed by atoms with Crippen molar-refractivity contribution in [1.29, 1.82) is 0 Å². The molecule has 1 atom stereocenters. The van der Waals surface area contributed by atoms with Crippen LogP contribution in [0.3, 0.4) is 0 Å². The smallest absolute Gasteiger partial charge is 0.303 e. The second-order valence-electron chi connectivity index (χ2n) is 4.83. The van der Waals surface area contributed by atoms with E-state index in [-0.39, 0.29) is 17.8 Å². The molecular weight excluding hydrogens is 224 g/mol. The molecule has 0 aliphatic heterocycles. The number of rotatable bonds is 4. The molecule has 1 aliphatic carbocycles. The lowest BCUT2D eigenvalue weighted by Crippen LogP contribution is -2.15. The van der Waals surface area contributed by atoms with Gasteiger partial charge in [0.05, 0.1) is 6.42 Å². The van der Waals surface area contributed by atoms with Crippen LogP contribution in [0.4, 0.5) is 0 Å². The van der Waals surface area contributed by atoms with Gasteiger partial charge < -0.3 is 5.11 Å². The maximum Gasteiger partial charge on any atom is 0.303 e. The zero-order valence-electron chi connectivity index (χ0n) is 9.24. The molecule has 0 amide bonds. The highest BCUT2D eigenvalue weighted by Crippen LogP contribution is 2.57. The minimum Gasteiger partial charge on any atom is -0.481 e. The molecule has 0 saturated heterocycles. The SMILES string of the molecule is CC1([C@H](CC(=O)O)c2ccccc2Cl)CC1. The molecule has 1 saturated carbocycles. The second kappa shape index (κ2) is 4.10. The summed E-state index contributed by atoms with van der Waals surface area (Å²) in [5, 5.41) is 9.67. The van der Waals surface area contributed by atoms with E-state index >= 15 is 0 Å². The van der Waals surface area contributed by atoms with Crippen molar-refractivity contribution >= 4 is 17.6 Å². The fourth-order valence-corrected chi connectivity index (χ4v) is 2.48. The molecule has 0 heterocycles. The predicted octanol–water partition coefficient (Wildman–Crippen LogP) is 3.70. The van der Waals surface area contributed by atoms with Crippen LogP contribution in [-0.4, -0.2) is 11.1 Å². The van der Waals surface area contributed by atoms with Crippen LogP contribution >= 0.6 is 11.6 Å². The zero-order valence-corrected chi connectivity index (χ0v) is 10.00. The Hall–Kier alpha value is -1.02. The van der Waals surface area contributed by atoms with Crippen LogP contribution in [0, 0.1) is 5.41 Å². The quantitative estimate of drug-likeness (QED) is 0.869. The average molecular weight is 239 g/mol. The van der Waals surface area contributed by atoms with Gasteiger partial charge in [0.2, 0.25) is 0 Å². The third-order valence-electron chi connectivity index (χ3n) is 3.54. The normalized spacial score (nSPS) is 19.1. The fraction of sp³-hybridized carbons (Fsp3) is 0.462. The van der Waals surface area contributed by atoms with Crippen LogP contribution < -0.4 is 0 Å². The van der Waals surface area contributed by atoms with Gasteiger partial charge in [-0.2, -0.15) is 0 Å². The van der Waals surface area contributed by atoms with E-state index in [9.17, 15) is 4.79 Å². The van der Waals surface area contributed by atoms with Gasteiger partial charge in [-0.25, -0.2) is 0 Å². The number of aliphatic carboxylic acids is 1. The minimum atomic E-state index is -0.752. The van der Waals surface area contributed by atoms with Crippen molar-refractivity contribution in [3.63, 3.8) is 0 Å². The Bertz CT molecular complexity index is 410. The largest absolute Gasteiger partial charge is 0.481 e. The van der Waals surface area contributed by atoms with Gasteiger partial charge in [0, 0.05) is 10.9 Å². The van der Waals surface area contributed by atoms with E-state index in [1.807, 2.05) is 24.3 Å². The molecule has 1 fully saturated rings. The van der Waals surface area contributed by atoms with E-state index in [4.69, 9.17) is 16.7 Å². The van der Waals surface area contributed by atoms with Crippen molar-refractivity contribution < 1.29 is 9.90 Å². The van der Waals surface area contributed by atoms with Gasteiger partial charge in [-0.15, -0.1) is 0 Å². The molecule has 0 aromatic heterocycles. The van der Waals surface area contributed by atoms with Crippen molar-refractivity contribution in [1.82, 2.24) is 0 Å². The molecule has 1 aliphatic rings. The van der Waals surface area contributed by atoms with E-state index in [2.05, 4.69) is 6.92 Å². The molecule has 2 rings (SSSR count). The molecule has 2 nitrogen and oxygen atoms in total. The monoisotopic (exact) mass is 238 g/mol. The molecule has 0 radical (unpaired) electrons. The number of hydrogen-bond donors (Lipinski definition) is 1. The number of hydrogen-bond acceptors (Lipinski definition) is 1. The molecule has 86 valence electrons. The molecule has 16 heavy (non-hydrogen) atoms. The Labute approximate surface area is 100 Å². The lowest BCUT2D eigenvalue weighted by Gasteiger charge is -2.23.